The summed E-state index contributed by atoms with van der Waals surface area (Å²) in [5.74, 6) is -2.32. The van der Waals surface area contributed by atoms with Crippen molar-refractivity contribution in [1.29, 1.82) is 0 Å². The molecule has 0 atom stereocenters. The van der Waals surface area contributed by atoms with Gasteiger partial charge >= 0.3 is 5.97 Å². The van der Waals surface area contributed by atoms with Crippen LogP contribution in [-0.2, 0) is 0 Å². The van der Waals surface area contributed by atoms with Crippen molar-refractivity contribution in [3.63, 3.8) is 0 Å². The second kappa shape index (κ2) is 5.58. The standard InChI is InChI=1S/C14H11F2NO2S/c1-7-5-12(13(14(18)19)8(2)17-7)20-11-6-9(15)3-4-10(11)16/h3-6H,1-2H3,(H,18,19). The number of aromatic carboxylic acids is 1. The molecule has 0 radical (unpaired) electrons. The normalized spacial score (nSPS) is 10.6. The van der Waals surface area contributed by atoms with E-state index in [1.165, 1.54) is 0 Å². The molecule has 0 saturated heterocycles. The molecular formula is C14H11F2NO2S. The van der Waals surface area contributed by atoms with E-state index >= 15 is 0 Å². The van der Waals surface area contributed by atoms with Crippen LogP contribution in [-0.4, -0.2) is 16.1 Å². The largest absolute Gasteiger partial charge is 0.478 e. The SMILES string of the molecule is Cc1cc(Sc2cc(F)ccc2F)c(C(=O)O)c(C)n1. The highest BCUT2D eigenvalue weighted by Crippen LogP contribution is 2.34. The number of rotatable bonds is 3. The molecule has 20 heavy (non-hydrogen) atoms. The molecule has 2 rings (SSSR count). The fourth-order valence-corrected chi connectivity index (χ4v) is 2.95. The summed E-state index contributed by atoms with van der Waals surface area (Å²) in [6.07, 6.45) is 0. The summed E-state index contributed by atoms with van der Waals surface area (Å²) in [6, 6.07) is 4.61. The monoisotopic (exact) mass is 295 g/mol. The third kappa shape index (κ3) is 2.96. The Morgan fingerprint density at radius 1 is 1.20 bits per heavy atom. The predicted molar refractivity (Wildman–Crippen MR) is 71.2 cm³/mol. The van der Waals surface area contributed by atoms with E-state index in [4.69, 9.17) is 0 Å². The lowest BCUT2D eigenvalue weighted by atomic mass is 10.2. The van der Waals surface area contributed by atoms with Crippen LogP contribution in [0.2, 0.25) is 0 Å². The Morgan fingerprint density at radius 2 is 1.90 bits per heavy atom. The second-order valence-electron chi connectivity index (χ2n) is 4.20. The van der Waals surface area contributed by atoms with Crippen LogP contribution in [0.15, 0.2) is 34.1 Å². The van der Waals surface area contributed by atoms with Crippen LogP contribution < -0.4 is 0 Å². The number of carboxylic acids is 1. The number of benzene rings is 1. The Balaban J connectivity index is 2.53. The number of hydrogen-bond acceptors (Lipinski definition) is 3. The van der Waals surface area contributed by atoms with Gasteiger partial charge in [-0.25, -0.2) is 13.6 Å². The Hall–Kier alpha value is -1.95. The number of nitrogens with zero attached hydrogens (tertiary/aromatic N) is 1. The Kier molecular flexibility index (Phi) is 4.04. The molecule has 3 nitrogen and oxygen atoms in total. The van der Waals surface area contributed by atoms with Crippen molar-refractivity contribution in [2.24, 2.45) is 0 Å². The van der Waals surface area contributed by atoms with E-state index in [2.05, 4.69) is 4.98 Å². The molecule has 0 amide bonds. The predicted octanol–water partition coefficient (Wildman–Crippen LogP) is 3.83. The highest BCUT2D eigenvalue weighted by molar-refractivity contribution is 7.99. The zero-order valence-corrected chi connectivity index (χ0v) is 11.6. The molecule has 0 aliphatic carbocycles. The van der Waals surface area contributed by atoms with E-state index in [0.717, 1.165) is 30.0 Å². The lowest BCUT2D eigenvalue weighted by Crippen LogP contribution is -2.05. The molecule has 1 N–H and O–H groups in total. The van der Waals surface area contributed by atoms with Gasteiger partial charge in [0.05, 0.1) is 16.2 Å². The zero-order chi connectivity index (χ0) is 14.9. The van der Waals surface area contributed by atoms with E-state index in [-0.39, 0.29) is 10.5 Å². The zero-order valence-electron chi connectivity index (χ0n) is 10.8. The van der Waals surface area contributed by atoms with Gasteiger partial charge in [0.25, 0.3) is 0 Å². The van der Waals surface area contributed by atoms with Gasteiger partial charge in [-0.1, -0.05) is 11.8 Å². The van der Waals surface area contributed by atoms with Gasteiger partial charge in [0, 0.05) is 10.6 Å². The minimum absolute atomic E-state index is 0.00395. The van der Waals surface area contributed by atoms with Crippen LogP contribution in [0.3, 0.4) is 0 Å². The third-order valence-electron chi connectivity index (χ3n) is 2.62. The number of carboxylic acid groups (broad SMARTS) is 1. The first-order valence-corrected chi connectivity index (χ1v) is 6.54. The van der Waals surface area contributed by atoms with Gasteiger partial charge in [-0.2, -0.15) is 0 Å². The van der Waals surface area contributed by atoms with Crippen molar-refractivity contribution >= 4 is 17.7 Å². The smallest absolute Gasteiger partial charge is 0.338 e. The summed E-state index contributed by atoms with van der Waals surface area (Å²) in [6.45, 7) is 3.28. The second-order valence-corrected chi connectivity index (χ2v) is 5.29. The van der Waals surface area contributed by atoms with Crippen LogP contribution in [0.4, 0.5) is 8.78 Å². The maximum atomic E-state index is 13.6. The van der Waals surface area contributed by atoms with Crippen LogP contribution in [0.1, 0.15) is 21.7 Å². The Morgan fingerprint density at radius 3 is 2.55 bits per heavy atom. The summed E-state index contributed by atoms with van der Waals surface area (Å²) < 4.78 is 26.8. The van der Waals surface area contributed by atoms with Crippen LogP contribution >= 0.6 is 11.8 Å². The highest BCUT2D eigenvalue weighted by Gasteiger charge is 2.17. The third-order valence-corrected chi connectivity index (χ3v) is 3.69. The van der Waals surface area contributed by atoms with Crippen molar-refractivity contribution in [2.45, 2.75) is 23.6 Å². The van der Waals surface area contributed by atoms with Gasteiger partial charge < -0.3 is 5.11 Å². The molecule has 6 heteroatoms. The molecule has 0 aliphatic rings. The van der Waals surface area contributed by atoms with Crippen molar-refractivity contribution in [3.05, 3.63) is 52.9 Å². The number of aromatic nitrogens is 1. The lowest BCUT2D eigenvalue weighted by molar-refractivity contribution is 0.0691. The fraction of sp³-hybridized carbons (Fsp3) is 0.143. The van der Waals surface area contributed by atoms with Gasteiger partial charge in [-0.3, -0.25) is 4.98 Å². The number of halogens is 2. The molecule has 0 spiro atoms. The molecule has 0 unspecified atom stereocenters. The maximum Gasteiger partial charge on any atom is 0.338 e. The van der Waals surface area contributed by atoms with Crippen LogP contribution in [0.5, 0.6) is 0 Å². The average Bonchev–Trinajstić information content (AvgIpc) is 2.32. The molecule has 2 aromatic rings. The van der Waals surface area contributed by atoms with Gasteiger partial charge in [0.1, 0.15) is 11.6 Å². The first kappa shape index (κ1) is 14.5. The molecule has 1 aromatic carbocycles. The number of aryl methyl sites for hydroxylation is 2. The maximum absolute atomic E-state index is 13.6. The number of hydrogen-bond donors (Lipinski definition) is 1. The van der Waals surface area contributed by atoms with Gasteiger partial charge in [0.2, 0.25) is 0 Å². The fourth-order valence-electron chi connectivity index (χ4n) is 1.81. The molecule has 0 bridgehead atoms. The summed E-state index contributed by atoms with van der Waals surface area (Å²) in [5, 5.41) is 9.22. The minimum atomic E-state index is -1.14. The first-order valence-electron chi connectivity index (χ1n) is 5.73. The molecule has 1 aromatic heterocycles. The van der Waals surface area contributed by atoms with Crippen molar-refractivity contribution in [1.82, 2.24) is 4.98 Å². The number of pyridine rings is 1. The van der Waals surface area contributed by atoms with Gasteiger partial charge in [-0.15, -0.1) is 0 Å². The highest BCUT2D eigenvalue weighted by atomic mass is 32.2. The van der Waals surface area contributed by atoms with Crippen molar-refractivity contribution in [3.8, 4) is 0 Å². The molecule has 104 valence electrons. The van der Waals surface area contributed by atoms with E-state index in [9.17, 15) is 18.7 Å². The van der Waals surface area contributed by atoms with Gasteiger partial charge in [-0.05, 0) is 38.1 Å². The van der Waals surface area contributed by atoms with Gasteiger partial charge in [0.15, 0.2) is 0 Å². The summed E-state index contributed by atoms with van der Waals surface area (Å²) in [7, 11) is 0. The summed E-state index contributed by atoms with van der Waals surface area (Å²) in [4.78, 5) is 15.7. The van der Waals surface area contributed by atoms with Crippen molar-refractivity contribution < 1.29 is 18.7 Å². The van der Waals surface area contributed by atoms with E-state index in [1.807, 2.05) is 0 Å². The van der Waals surface area contributed by atoms with E-state index in [0.29, 0.717) is 16.3 Å². The van der Waals surface area contributed by atoms with Crippen LogP contribution in [0, 0.1) is 25.5 Å². The minimum Gasteiger partial charge on any atom is -0.478 e. The quantitative estimate of drug-likeness (QED) is 0.935. The molecule has 1 heterocycles. The number of carbonyl (C=O) groups is 1. The Labute approximate surface area is 118 Å². The topological polar surface area (TPSA) is 50.2 Å². The van der Waals surface area contributed by atoms with Crippen molar-refractivity contribution in [2.75, 3.05) is 0 Å². The average molecular weight is 295 g/mol. The van der Waals surface area contributed by atoms with Crippen LogP contribution in [0.25, 0.3) is 0 Å². The molecule has 0 saturated carbocycles. The Bertz CT molecular complexity index is 689. The first-order chi connectivity index (χ1) is 9.38. The summed E-state index contributed by atoms with van der Waals surface area (Å²) in [5.41, 5.74) is 0.966. The lowest BCUT2D eigenvalue weighted by Gasteiger charge is -2.10. The van der Waals surface area contributed by atoms with E-state index in [1.54, 1.807) is 19.9 Å². The molecule has 0 fully saturated rings. The summed E-state index contributed by atoms with van der Waals surface area (Å²) >= 11 is 0.876. The molecular weight excluding hydrogens is 284 g/mol. The molecule has 0 aliphatic heterocycles. The van der Waals surface area contributed by atoms with E-state index < -0.39 is 17.6 Å².